The number of ether oxygens (including phenoxy) is 1. The second-order valence-corrected chi connectivity index (χ2v) is 6.42. The minimum atomic E-state index is -0.623. The van der Waals surface area contributed by atoms with Gasteiger partial charge in [0.2, 0.25) is 11.8 Å². The molecule has 1 N–H and O–H groups in total. The number of hydrogen-bond acceptors (Lipinski definition) is 5. The lowest BCUT2D eigenvalue weighted by Gasteiger charge is -2.17. The Hall–Kier alpha value is -3.13. The van der Waals surface area contributed by atoms with Crippen LogP contribution in [0.25, 0.3) is 0 Å². The summed E-state index contributed by atoms with van der Waals surface area (Å²) in [6.07, 6.45) is 0.0630. The largest absolute Gasteiger partial charge is 0.497 e. The van der Waals surface area contributed by atoms with Crippen molar-refractivity contribution in [2.45, 2.75) is 6.42 Å². The Balaban J connectivity index is 1.70. The summed E-state index contributed by atoms with van der Waals surface area (Å²) in [5.74, 6) is -0.434. The Labute approximate surface area is 159 Å². The molecule has 0 unspecified atom stereocenters. The Bertz CT molecular complexity index is 900. The molecule has 0 bridgehead atoms. The first-order valence-corrected chi connectivity index (χ1v) is 8.46. The summed E-state index contributed by atoms with van der Waals surface area (Å²) in [5, 5.41) is 13.6. The molecular weight excluding hydrogens is 374 g/mol. The van der Waals surface area contributed by atoms with E-state index in [4.69, 9.17) is 16.3 Å². The second kappa shape index (κ2) is 7.63. The summed E-state index contributed by atoms with van der Waals surface area (Å²) in [6.45, 7) is 0.229. The summed E-state index contributed by atoms with van der Waals surface area (Å²) >= 11 is 5.77. The number of carbonyl (C=O) groups excluding carboxylic acids is 2. The average Bonchev–Trinajstić information content (AvgIpc) is 3.05. The molecule has 8 nitrogen and oxygen atoms in total. The number of hydrogen-bond donors (Lipinski definition) is 1. The molecule has 0 radical (unpaired) electrons. The highest BCUT2D eigenvalue weighted by Gasteiger charge is 2.35. The number of rotatable bonds is 5. The predicted octanol–water partition coefficient (Wildman–Crippen LogP) is 3.25. The van der Waals surface area contributed by atoms with Gasteiger partial charge in [-0.25, -0.2) is 0 Å². The molecule has 0 spiro atoms. The molecule has 140 valence electrons. The summed E-state index contributed by atoms with van der Waals surface area (Å²) < 4.78 is 5.09. The van der Waals surface area contributed by atoms with Gasteiger partial charge in [0.15, 0.2) is 0 Å². The monoisotopic (exact) mass is 389 g/mol. The van der Waals surface area contributed by atoms with Crippen LogP contribution in [0.2, 0.25) is 5.02 Å². The number of nitro groups is 1. The molecule has 1 aliphatic rings. The van der Waals surface area contributed by atoms with Gasteiger partial charge in [0.1, 0.15) is 10.8 Å². The maximum atomic E-state index is 12.5. The van der Waals surface area contributed by atoms with Gasteiger partial charge in [0.05, 0.1) is 18.0 Å². The molecule has 2 aromatic carbocycles. The van der Waals surface area contributed by atoms with Gasteiger partial charge in [-0.2, -0.15) is 0 Å². The molecule has 27 heavy (non-hydrogen) atoms. The zero-order valence-electron chi connectivity index (χ0n) is 14.3. The Morgan fingerprint density at radius 1 is 1.30 bits per heavy atom. The first kappa shape index (κ1) is 18.7. The van der Waals surface area contributed by atoms with Gasteiger partial charge >= 0.3 is 0 Å². The van der Waals surface area contributed by atoms with Gasteiger partial charge in [-0.1, -0.05) is 11.6 Å². The maximum Gasteiger partial charge on any atom is 0.289 e. The molecule has 1 heterocycles. The minimum Gasteiger partial charge on any atom is -0.497 e. The zero-order chi connectivity index (χ0) is 19.6. The third kappa shape index (κ3) is 4.01. The van der Waals surface area contributed by atoms with Gasteiger partial charge in [0, 0.05) is 30.4 Å². The first-order chi connectivity index (χ1) is 12.9. The topological polar surface area (TPSA) is 102 Å². The lowest BCUT2D eigenvalue weighted by atomic mass is 10.1. The standard InChI is InChI=1S/C18H16ClN3O5/c1-27-14-5-3-13(4-6-14)21-10-11(8-17(21)23)18(24)20-12-2-7-15(19)16(9-12)22(25)26/h2-7,9,11H,8,10H2,1H3,(H,20,24)/t11-/m1/s1. The van der Waals surface area contributed by atoms with Crippen molar-refractivity contribution in [2.24, 2.45) is 5.92 Å². The summed E-state index contributed by atoms with van der Waals surface area (Å²) in [6, 6.07) is 11.0. The van der Waals surface area contributed by atoms with E-state index in [2.05, 4.69) is 5.32 Å². The van der Waals surface area contributed by atoms with Crippen molar-refractivity contribution in [1.29, 1.82) is 0 Å². The van der Waals surface area contributed by atoms with Gasteiger partial charge in [0.25, 0.3) is 5.69 Å². The summed E-state index contributed by atoms with van der Waals surface area (Å²) in [7, 11) is 1.55. The van der Waals surface area contributed by atoms with Crippen LogP contribution in [0, 0.1) is 16.0 Å². The van der Waals surface area contributed by atoms with E-state index in [-0.39, 0.29) is 41.2 Å². The van der Waals surface area contributed by atoms with Crippen molar-refractivity contribution in [3.05, 3.63) is 57.6 Å². The molecule has 0 aromatic heterocycles. The van der Waals surface area contributed by atoms with Crippen molar-refractivity contribution >= 4 is 40.5 Å². The predicted molar refractivity (Wildman–Crippen MR) is 100 cm³/mol. The quantitative estimate of drug-likeness (QED) is 0.624. The van der Waals surface area contributed by atoms with Crippen LogP contribution in [0.4, 0.5) is 17.1 Å². The van der Waals surface area contributed by atoms with Crippen LogP contribution in [0.3, 0.4) is 0 Å². The summed E-state index contributed by atoms with van der Waals surface area (Å²) in [5.41, 5.74) is 0.640. The van der Waals surface area contributed by atoms with E-state index in [0.29, 0.717) is 11.4 Å². The van der Waals surface area contributed by atoms with E-state index in [1.54, 1.807) is 31.4 Å². The molecule has 3 rings (SSSR count). The molecule has 2 amide bonds. The molecule has 0 aliphatic carbocycles. The normalized spacial score (nSPS) is 16.3. The fraction of sp³-hybridized carbons (Fsp3) is 0.222. The van der Waals surface area contributed by atoms with E-state index >= 15 is 0 Å². The third-order valence-electron chi connectivity index (χ3n) is 4.29. The Morgan fingerprint density at radius 2 is 2.00 bits per heavy atom. The van der Waals surface area contributed by atoms with E-state index in [9.17, 15) is 19.7 Å². The lowest BCUT2D eigenvalue weighted by molar-refractivity contribution is -0.384. The number of halogens is 1. The summed E-state index contributed by atoms with van der Waals surface area (Å²) in [4.78, 5) is 36.6. The van der Waals surface area contributed by atoms with E-state index in [1.807, 2.05) is 0 Å². The smallest absolute Gasteiger partial charge is 0.289 e. The van der Waals surface area contributed by atoms with Gasteiger partial charge in [-0.15, -0.1) is 0 Å². The molecule has 0 saturated carbocycles. The van der Waals surface area contributed by atoms with E-state index in [0.717, 1.165) is 0 Å². The second-order valence-electron chi connectivity index (χ2n) is 6.02. The zero-order valence-corrected chi connectivity index (χ0v) is 15.1. The van der Waals surface area contributed by atoms with Gasteiger partial charge in [-0.05, 0) is 36.4 Å². The van der Waals surface area contributed by atoms with Gasteiger partial charge in [-0.3, -0.25) is 19.7 Å². The lowest BCUT2D eigenvalue weighted by Crippen LogP contribution is -2.28. The van der Waals surface area contributed by atoms with Crippen LogP contribution in [0.5, 0.6) is 5.75 Å². The van der Waals surface area contributed by atoms with Crippen LogP contribution in [-0.4, -0.2) is 30.4 Å². The van der Waals surface area contributed by atoms with Gasteiger partial charge < -0.3 is 15.0 Å². The number of benzene rings is 2. The number of nitrogens with one attached hydrogen (secondary N) is 1. The molecule has 1 saturated heterocycles. The van der Waals surface area contributed by atoms with Crippen molar-refractivity contribution in [1.82, 2.24) is 0 Å². The van der Waals surface area contributed by atoms with Crippen molar-refractivity contribution in [3.8, 4) is 5.75 Å². The van der Waals surface area contributed by atoms with Crippen molar-refractivity contribution in [3.63, 3.8) is 0 Å². The number of amides is 2. The SMILES string of the molecule is COc1ccc(N2C[C@H](C(=O)Nc3ccc(Cl)c([N+](=O)[O-])c3)CC2=O)cc1. The number of nitrogens with zero attached hydrogens (tertiary/aromatic N) is 2. The van der Waals surface area contributed by atoms with Crippen molar-refractivity contribution < 1.29 is 19.2 Å². The van der Waals surface area contributed by atoms with Crippen LogP contribution >= 0.6 is 11.6 Å². The molecule has 2 aromatic rings. The molecule has 9 heteroatoms. The van der Waals surface area contributed by atoms with E-state index < -0.39 is 10.8 Å². The molecule has 1 fully saturated rings. The van der Waals surface area contributed by atoms with Crippen LogP contribution in [0.15, 0.2) is 42.5 Å². The number of methoxy groups -OCH3 is 1. The van der Waals surface area contributed by atoms with Crippen LogP contribution < -0.4 is 15.0 Å². The highest BCUT2D eigenvalue weighted by molar-refractivity contribution is 6.32. The maximum absolute atomic E-state index is 12.5. The Morgan fingerprint density at radius 3 is 2.63 bits per heavy atom. The number of carbonyl (C=O) groups is 2. The highest BCUT2D eigenvalue weighted by atomic mass is 35.5. The van der Waals surface area contributed by atoms with E-state index in [1.165, 1.54) is 23.1 Å². The molecule has 1 atom stereocenters. The average molecular weight is 390 g/mol. The minimum absolute atomic E-state index is 0.0141. The van der Waals surface area contributed by atoms with Crippen LogP contribution in [0.1, 0.15) is 6.42 Å². The Kier molecular flexibility index (Phi) is 5.27. The fourth-order valence-electron chi connectivity index (χ4n) is 2.87. The highest BCUT2D eigenvalue weighted by Crippen LogP contribution is 2.30. The number of anilines is 2. The fourth-order valence-corrected chi connectivity index (χ4v) is 3.06. The third-order valence-corrected chi connectivity index (χ3v) is 4.61. The number of nitro benzene ring substituents is 1. The van der Waals surface area contributed by atoms with Crippen molar-refractivity contribution in [2.75, 3.05) is 23.9 Å². The first-order valence-electron chi connectivity index (χ1n) is 8.08. The molecule has 1 aliphatic heterocycles. The van der Waals surface area contributed by atoms with Crippen LogP contribution in [-0.2, 0) is 9.59 Å². The molecular formula is C18H16ClN3O5.